The van der Waals surface area contributed by atoms with E-state index in [0.717, 1.165) is 11.0 Å². The highest BCUT2D eigenvalue weighted by molar-refractivity contribution is 6.48. The number of amides is 1. The first-order valence-corrected chi connectivity index (χ1v) is 8.44. The fraction of sp³-hybridized carbons (Fsp3) is 0.278. The van der Waals surface area contributed by atoms with Crippen molar-refractivity contribution < 1.29 is 14.4 Å². The Kier molecular flexibility index (Phi) is 3.87. The molecular weight excluding hydrogens is 334 g/mol. The molecule has 1 aliphatic rings. The number of fused-ring (bicyclic) bond motifs is 1. The molecule has 2 N–H and O–H groups in total. The monoisotopic (exact) mass is 351 g/mol. The summed E-state index contributed by atoms with van der Waals surface area (Å²) < 4.78 is 0. The lowest BCUT2D eigenvalue weighted by Gasteiger charge is -2.25. The van der Waals surface area contributed by atoms with E-state index in [1.54, 1.807) is 36.8 Å². The Morgan fingerprint density at radius 1 is 1.27 bits per heavy atom. The van der Waals surface area contributed by atoms with Crippen LogP contribution in [0.5, 0.6) is 0 Å². The molecule has 2 atom stereocenters. The van der Waals surface area contributed by atoms with E-state index in [-0.39, 0.29) is 12.2 Å². The number of H-pyrrole nitrogens is 2. The lowest BCUT2D eigenvalue weighted by atomic mass is 9.90. The van der Waals surface area contributed by atoms with E-state index in [1.807, 2.05) is 6.92 Å². The molecule has 8 heteroatoms. The quantitative estimate of drug-likeness (QED) is 0.539. The maximum atomic E-state index is 12.8. The van der Waals surface area contributed by atoms with E-state index in [4.69, 9.17) is 0 Å². The van der Waals surface area contributed by atoms with Crippen molar-refractivity contribution in [3.63, 3.8) is 0 Å². The van der Waals surface area contributed by atoms with Gasteiger partial charge < -0.3 is 4.98 Å². The number of aromatic nitrogens is 4. The van der Waals surface area contributed by atoms with Crippen LogP contribution in [0.1, 0.15) is 31.5 Å². The van der Waals surface area contributed by atoms with Crippen molar-refractivity contribution in [3.05, 3.63) is 42.5 Å². The van der Waals surface area contributed by atoms with Gasteiger partial charge in [-0.15, -0.1) is 0 Å². The van der Waals surface area contributed by atoms with Crippen molar-refractivity contribution in [3.8, 4) is 0 Å². The predicted molar refractivity (Wildman–Crippen MR) is 93.3 cm³/mol. The number of nitrogens with zero attached hydrogens (tertiary/aromatic N) is 3. The summed E-state index contributed by atoms with van der Waals surface area (Å²) in [6.45, 7) is 1.87. The molecule has 26 heavy (non-hydrogen) atoms. The first-order chi connectivity index (χ1) is 12.6. The van der Waals surface area contributed by atoms with E-state index in [0.29, 0.717) is 17.8 Å². The summed E-state index contributed by atoms with van der Waals surface area (Å²) in [5, 5.41) is 6.74. The average molecular weight is 351 g/mol. The minimum atomic E-state index is -1.03. The Bertz CT molecular complexity index is 991. The number of benzene rings is 1. The third-order valence-electron chi connectivity index (χ3n) is 4.67. The number of hydrogen-bond acceptors (Lipinski definition) is 5. The predicted octanol–water partition coefficient (Wildman–Crippen LogP) is 1.93. The molecule has 0 aliphatic carbocycles. The molecule has 1 saturated heterocycles. The van der Waals surface area contributed by atoms with Crippen LogP contribution in [0.4, 0.5) is 5.69 Å². The first kappa shape index (κ1) is 16.2. The zero-order valence-corrected chi connectivity index (χ0v) is 14.1. The largest absolute Gasteiger partial charge is 0.345 e. The minimum Gasteiger partial charge on any atom is -0.345 e. The lowest BCUT2D eigenvalue weighted by molar-refractivity contribution is -0.139. The van der Waals surface area contributed by atoms with E-state index >= 15 is 0 Å². The van der Waals surface area contributed by atoms with Gasteiger partial charge in [0, 0.05) is 18.3 Å². The lowest BCUT2D eigenvalue weighted by Crippen LogP contribution is -2.30. The molecule has 0 spiro atoms. The molecule has 1 amide bonds. The van der Waals surface area contributed by atoms with Gasteiger partial charge in [0.25, 0.3) is 5.91 Å². The van der Waals surface area contributed by atoms with Gasteiger partial charge in [-0.3, -0.25) is 24.4 Å². The summed E-state index contributed by atoms with van der Waals surface area (Å²) in [5.41, 5.74) is 2.59. The smallest absolute Gasteiger partial charge is 0.295 e. The summed E-state index contributed by atoms with van der Waals surface area (Å²) in [5.74, 6) is -2.61. The number of aromatic amines is 2. The van der Waals surface area contributed by atoms with Gasteiger partial charge >= 0.3 is 0 Å². The van der Waals surface area contributed by atoms with E-state index in [9.17, 15) is 14.4 Å². The molecule has 1 aromatic carbocycles. The van der Waals surface area contributed by atoms with Crippen molar-refractivity contribution in [2.75, 3.05) is 4.90 Å². The van der Waals surface area contributed by atoms with Crippen molar-refractivity contribution in [2.24, 2.45) is 5.92 Å². The molecule has 3 aromatic rings. The number of carbonyl (C=O) groups excluding carboxylic acids is 3. The molecule has 1 aliphatic heterocycles. The molecule has 1 fully saturated rings. The number of Topliss-reactive ketones (excluding diaryl/α,β-unsaturated/α-hetero) is 2. The molecule has 3 heterocycles. The summed E-state index contributed by atoms with van der Waals surface area (Å²) in [6, 6.07) is 6.21. The Labute approximate surface area is 148 Å². The molecule has 4 rings (SSSR count). The van der Waals surface area contributed by atoms with Gasteiger partial charge in [-0.1, -0.05) is 6.92 Å². The van der Waals surface area contributed by atoms with Crippen LogP contribution < -0.4 is 4.90 Å². The topological polar surface area (TPSA) is 112 Å². The van der Waals surface area contributed by atoms with Gasteiger partial charge in [-0.2, -0.15) is 5.10 Å². The van der Waals surface area contributed by atoms with Crippen LogP contribution in [0.3, 0.4) is 0 Å². The molecule has 0 bridgehead atoms. The summed E-state index contributed by atoms with van der Waals surface area (Å²) in [4.78, 5) is 46.6. The van der Waals surface area contributed by atoms with Gasteiger partial charge in [-0.05, 0) is 30.7 Å². The molecule has 8 nitrogen and oxygen atoms in total. The fourth-order valence-electron chi connectivity index (χ4n) is 3.50. The normalized spacial score (nSPS) is 20.3. The maximum absolute atomic E-state index is 12.8. The summed E-state index contributed by atoms with van der Waals surface area (Å²) in [6.07, 6.45) is 3.97. The maximum Gasteiger partial charge on any atom is 0.295 e. The average Bonchev–Trinajstić information content (AvgIpc) is 3.35. The van der Waals surface area contributed by atoms with Gasteiger partial charge in [0.15, 0.2) is 0 Å². The molecule has 0 radical (unpaired) electrons. The first-order valence-electron chi connectivity index (χ1n) is 8.44. The second-order valence-corrected chi connectivity index (χ2v) is 6.29. The Hall–Kier alpha value is -3.29. The minimum absolute atomic E-state index is 0.226. The van der Waals surface area contributed by atoms with Gasteiger partial charge in [-0.25, -0.2) is 4.98 Å². The number of ketones is 2. The molecular formula is C18H17N5O3. The van der Waals surface area contributed by atoms with Crippen LogP contribution in [-0.2, 0) is 14.4 Å². The SMILES string of the molecule is CCCC(=O)C1C(=O)C(=O)N(c2ccc3nc[nH]c3c2)C1c1ccn[nH]1. The van der Waals surface area contributed by atoms with Gasteiger partial charge in [0.05, 0.1) is 29.1 Å². The van der Waals surface area contributed by atoms with E-state index < -0.39 is 23.7 Å². The molecule has 2 aromatic heterocycles. The highest BCUT2D eigenvalue weighted by atomic mass is 16.2. The highest BCUT2D eigenvalue weighted by Crippen LogP contribution is 2.40. The van der Waals surface area contributed by atoms with Crippen LogP contribution in [0.25, 0.3) is 11.0 Å². The van der Waals surface area contributed by atoms with Crippen LogP contribution >= 0.6 is 0 Å². The number of carbonyl (C=O) groups is 3. The standard InChI is InChI=1S/C18H17N5O3/c1-2-3-14(24)15-16(12-6-7-21-22-12)23(18(26)17(15)25)10-4-5-11-13(8-10)20-9-19-11/h4-9,15-16H,2-3H2,1H3,(H,19,20)(H,21,22). The van der Waals surface area contributed by atoms with Crippen molar-refractivity contribution in [1.82, 2.24) is 20.2 Å². The number of rotatable bonds is 5. The van der Waals surface area contributed by atoms with Crippen LogP contribution in [0.15, 0.2) is 36.8 Å². The zero-order chi connectivity index (χ0) is 18.3. The van der Waals surface area contributed by atoms with Crippen LogP contribution in [0, 0.1) is 5.92 Å². The second-order valence-electron chi connectivity index (χ2n) is 6.29. The van der Waals surface area contributed by atoms with Crippen molar-refractivity contribution >= 4 is 34.2 Å². The third-order valence-corrected chi connectivity index (χ3v) is 4.67. The summed E-state index contributed by atoms with van der Waals surface area (Å²) in [7, 11) is 0. The fourth-order valence-corrected chi connectivity index (χ4v) is 3.50. The van der Waals surface area contributed by atoms with Crippen LogP contribution in [-0.4, -0.2) is 37.6 Å². The number of imidazole rings is 1. The third kappa shape index (κ3) is 2.42. The van der Waals surface area contributed by atoms with Gasteiger partial charge in [0.2, 0.25) is 5.78 Å². The van der Waals surface area contributed by atoms with E-state index in [2.05, 4.69) is 20.2 Å². The van der Waals surface area contributed by atoms with Gasteiger partial charge in [0.1, 0.15) is 11.7 Å². The molecule has 0 saturated carbocycles. The van der Waals surface area contributed by atoms with E-state index in [1.165, 1.54) is 4.90 Å². The molecule has 2 unspecified atom stereocenters. The Morgan fingerprint density at radius 2 is 2.12 bits per heavy atom. The van der Waals surface area contributed by atoms with Crippen molar-refractivity contribution in [1.29, 1.82) is 0 Å². The summed E-state index contributed by atoms with van der Waals surface area (Å²) >= 11 is 0. The molecule has 132 valence electrons. The zero-order valence-electron chi connectivity index (χ0n) is 14.1. The Balaban J connectivity index is 1.84. The number of anilines is 1. The second kappa shape index (κ2) is 6.21. The number of nitrogens with one attached hydrogen (secondary N) is 2. The number of hydrogen-bond donors (Lipinski definition) is 2. The highest BCUT2D eigenvalue weighted by Gasteiger charge is 2.52. The van der Waals surface area contributed by atoms with Crippen molar-refractivity contribution in [2.45, 2.75) is 25.8 Å². The van der Waals surface area contributed by atoms with Crippen LogP contribution in [0.2, 0.25) is 0 Å². The Morgan fingerprint density at radius 3 is 2.85 bits per heavy atom.